The number of hydrogen-bond donors (Lipinski definition) is 0. The van der Waals surface area contributed by atoms with Crippen LogP contribution in [0.15, 0.2) is 45.5 Å². The first-order valence-electron chi connectivity index (χ1n) is 5.62. The third-order valence-electron chi connectivity index (χ3n) is 2.73. The number of amides is 1. The molecular weight excluding hydrogens is 228 g/mol. The lowest BCUT2D eigenvalue weighted by Gasteiger charge is -2.00. The lowest BCUT2D eigenvalue weighted by molar-refractivity contribution is -0.534. The molecule has 0 radical (unpaired) electrons. The maximum absolute atomic E-state index is 11.0. The minimum Gasteiger partial charge on any atom is -0.273 e. The maximum atomic E-state index is 11.0. The zero-order chi connectivity index (χ0) is 12.7. The van der Waals surface area contributed by atoms with Gasteiger partial charge in [-0.3, -0.25) is 4.79 Å². The number of rotatable bonds is 0. The zero-order valence-corrected chi connectivity index (χ0v) is 10.1. The fraction of sp³-hybridized carbons (Fsp3) is 0.154. The highest BCUT2D eigenvalue weighted by Crippen LogP contribution is 2.18. The quantitative estimate of drug-likeness (QED) is 0.626. The summed E-state index contributed by atoms with van der Waals surface area (Å²) < 4.78 is 1.91. The fourth-order valence-corrected chi connectivity index (χ4v) is 1.95. The van der Waals surface area contributed by atoms with Crippen molar-refractivity contribution in [3.63, 3.8) is 0 Å². The number of allylic oxidation sites excluding steroid dienone is 1. The molecule has 18 heavy (non-hydrogen) atoms. The van der Waals surface area contributed by atoms with Gasteiger partial charge in [-0.25, -0.2) is 0 Å². The van der Waals surface area contributed by atoms with Gasteiger partial charge in [-0.15, -0.1) is 0 Å². The summed E-state index contributed by atoms with van der Waals surface area (Å²) in [6.07, 6.45) is 5.43. The third kappa shape index (κ3) is 1.60. The molecule has 0 unspecified atom stereocenters. The van der Waals surface area contributed by atoms with Crippen molar-refractivity contribution in [3.05, 3.63) is 36.0 Å². The van der Waals surface area contributed by atoms with E-state index in [1.807, 2.05) is 35.9 Å². The minimum absolute atomic E-state index is 0.258. The molecule has 0 aromatic carbocycles. The van der Waals surface area contributed by atoms with E-state index < -0.39 is 0 Å². The predicted octanol–water partition coefficient (Wildman–Crippen LogP) is 1.13. The Balaban J connectivity index is 2.15. The van der Waals surface area contributed by atoms with Crippen LogP contribution in [0, 0.1) is 6.92 Å². The van der Waals surface area contributed by atoms with Gasteiger partial charge in [0.25, 0.3) is 5.82 Å². The highest BCUT2D eigenvalue weighted by atomic mass is 16.1. The Bertz CT molecular complexity index is 680. The normalized spacial score (nSPS) is 18.2. The van der Waals surface area contributed by atoms with Crippen LogP contribution in [0.25, 0.3) is 0 Å². The van der Waals surface area contributed by atoms with E-state index in [0.717, 1.165) is 22.9 Å². The van der Waals surface area contributed by atoms with Crippen LogP contribution >= 0.6 is 0 Å². The van der Waals surface area contributed by atoms with Gasteiger partial charge >= 0.3 is 5.84 Å². The Labute approximate surface area is 104 Å². The van der Waals surface area contributed by atoms with Crippen molar-refractivity contribution in [2.24, 2.45) is 15.0 Å². The van der Waals surface area contributed by atoms with Crippen molar-refractivity contribution in [2.75, 3.05) is 0 Å². The van der Waals surface area contributed by atoms with Crippen molar-refractivity contribution in [2.45, 2.75) is 13.8 Å². The number of fused-ring (bicyclic) bond motifs is 3. The van der Waals surface area contributed by atoms with Gasteiger partial charge in [-0.1, -0.05) is 9.98 Å². The molecule has 1 amide bonds. The standard InChI is InChI=1S/C13H11N4O/c1-8-4-3-7-17-12(8)15-10-5-6-11(14-9(2)18)16-13(10)17/h3-7H,1-2H3/q+1. The summed E-state index contributed by atoms with van der Waals surface area (Å²) in [6, 6.07) is 3.95. The minimum atomic E-state index is -0.258. The van der Waals surface area contributed by atoms with E-state index in [2.05, 4.69) is 15.0 Å². The second-order valence-corrected chi connectivity index (χ2v) is 4.14. The topological polar surface area (TPSA) is 58.0 Å². The fourth-order valence-electron chi connectivity index (χ4n) is 1.95. The van der Waals surface area contributed by atoms with E-state index in [0.29, 0.717) is 5.84 Å². The van der Waals surface area contributed by atoms with Gasteiger partial charge in [0.15, 0.2) is 0 Å². The van der Waals surface area contributed by atoms with E-state index in [-0.39, 0.29) is 5.91 Å². The van der Waals surface area contributed by atoms with Crippen LogP contribution in [0.2, 0.25) is 0 Å². The largest absolute Gasteiger partial charge is 0.312 e. The number of carbonyl (C=O) groups excluding carboxylic acids is 1. The first-order valence-corrected chi connectivity index (χ1v) is 5.62. The average Bonchev–Trinajstić information content (AvgIpc) is 2.68. The van der Waals surface area contributed by atoms with Crippen LogP contribution < -0.4 is 4.57 Å². The van der Waals surface area contributed by atoms with Crippen LogP contribution in [-0.2, 0) is 4.79 Å². The van der Waals surface area contributed by atoms with Crippen LogP contribution in [0.3, 0.4) is 0 Å². The molecule has 0 aliphatic carbocycles. The second-order valence-electron chi connectivity index (χ2n) is 4.14. The van der Waals surface area contributed by atoms with Crippen molar-refractivity contribution in [3.8, 4) is 0 Å². The summed E-state index contributed by atoms with van der Waals surface area (Å²) in [6.45, 7) is 3.41. The Morgan fingerprint density at radius 2 is 2.17 bits per heavy atom. The van der Waals surface area contributed by atoms with E-state index >= 15 is 0 Å². The van der Waals surface area contributed by atoms with E-state index in [1.54, 1.807) is 6.08 Å². The number of nitrogens with zero attached hydrogens (tertiary/aromatic N) is 4. The van der Waals surface area contributed by atoms with Crippen LogP contribution in [0.4, 0.5) is 5.82 Å². The van der Waals surface area contributed by atoms with Crippen LogP contribution in [-0.4, -0.2) is 23.3 Å². The molecule has 2 aliphatic heterocycles. The molecule has 5 nitrogen and oxygen atoms in total. The summed E-state index contributed by atoms with van der Waals surface area (Å²) in [7, 11) is 0. The highest BCUT2D eigenvalue weighted by molar-refractivity contribution is 6.47. The molecule has 5 heteroatoms. The number of amidine groups is 1. The van der Waals surface area contributed by atoms with Gasteiger partial charge in [0, 0.05) is 18.6 Å². The molecule has 3 rings (SSSR count). The van der Waals surface area contributed by atoms with Gasteiger partial charge in [-0.2, -0.15) is 9.56 Å². The smallest absolute Gasteiger partial charge is 0.273 e. The zero-order valence-electron chi connectivity index (χ0n) is 10.1. The Morgan fingerprint density at radius 1 is 1.33 bits per heavy atom. The van der Waals surface area contributed by atoms with Gasteiger partial charge < -0.3 is 0 Å². The number of aromatic nitrogens is 1. The van der Waals surface area contributed by atoms with Crippen molar-refractivity contribution in [1.29, 1.82) is 0 Å². The molecular formula is C13H11N4O+. The Morgan fingerprint density at radius 3 is 2.94 bits per heavy atom. The summed E-state index contributed by atoms with van der Waals surface area (Å²) in [5.41, 5.74) is 1.88. The first kappa shape index (κ1) is 10.7. The molecule has 0 spiro atoms. The van der Waals surface area contributed by atoms with Crippen LogP contribution in [0.1, 0.15) is 12.5 Å². The number of pyridine rings is 1. The van der Waals surface area contributed by atoms with Crippen LogP contribution in [0.5, 0.6) is 0 Å². The second kappa shape index (κ2) is 3.80. The lowest BCUT2D eigenvalue weighted by Crippen LogP contribution is -2.44. The van der Waals surface area contributed by atoms with E-state index in [4.69, 9.17) is 0 Å². The van der Waals surface area contributed by atoms with Crippen molar-refractivity contribution >= 4 is 29.1 Å². The van der Waals surface area contributed by atoms with Gasteiger partial charge in [0.05, 0.1) is 6.20 Å². The maximum Gasteiger partial charge on any atom is 0.312 e. The molecule has 1 aromatic heterocycles. The molecule has 0 fully saturated rings. The number of aliphatic imine (C=N–C) groups is 3. The van der Waals surface area contributed by atoms with Crippen molar-refractivity contribution in [1.82, 2.24) is 0 Å². The third-order valence-corrected chi connectivity index (χ3v) is 2.73. The molecule has 1 aromatic rings. The molecule has 0 N–H and O–H groups in total. The van der Waals surface area contributed by atoms with Crippen molar-refractivity contribution < 1.29 is 9.36 Å². The first-order chi connectivity index (χ1) is 8.65. The summed E-state index contributed by atoms with van der Waals surface area (Å²) >= 11 is 0. The number of dihydropyridines is 1. The number of aryl methyl sites for hydroxylation is 1. The monoisotopic (exact) mass is 239 g/mol. The van der Waals surface area contributed by atoms with Gasteiger partial charge in [0.1, 0.15) is 0 Å². The van der Waals surface area contributed by atoms with Gasteiger partial charge in [0.2, 0.25) is 17.5 Å². The summed E-state index contributed by atoms with van der Waals surface area (Å²) in [5.74, 6) is 1.75. The molecule has 88 valence electrons. The molecule has 0 saturated carbocycles. The highest BCUT2D eigenvalue weighted by Gasteiger charge is 2.33. The molecule has 2 aliphatic rings. The molecule has 0 saturated heterocycles. The lowest BCUT2D eigenvalue weighted by atomic mass is 10.2. The summed E-state index contributed by atoms with van der Waals surface area (Å²) in [4.78, 5) is 23.7. The molecule has 0 atom stereocenters. The molecule has 3 heterocycles. The van der Waals surface area contributed by atoms with E-state index in [1.165, 1.54) is 6.92 Å². The predicted molar refractivity (Wildman–Crippen MR) is 68.6 cm³/mol. The molecule has 0 bridgehead atoms. The number of hydrogen-bond acceptors (Lipinski definition) is 2. The Hall–Kier alpha value is -2.43. The van der Waals surface area contributed by atoms with E-state index in [9.17, 15) is 4.79 Å². The van der Waals surface area contributed by atoms with Gasteiger partial charge in [-0.05, 0) is 25.1 Å². The summed E-state index contributed by atoms with van der Waals surface area (Å²) in [5, 5.41) is 0. The average molecular weight is 239 g/mol. The Kier molecular flexibility index (Phi) is 2.26. The SMILES string of the molecule is CC(=O)N=C1C=CC2=Nc3c(C)ccc[n+]3C2=N1. The number of carbonyl (C=O) groups is 1.